The van der Waals surface area contributed by atoms with Crippen LogP contribution in [0, 0.1) is 17.2 Å². The van der Waals surface area contributed by atoms with Gasteiger partial charge in [0.25, 0.3) is 0 Å². The van der Waals surface area contributed by atoms with E-state index in [-0.39, 0.29) is 5.91 Å². The van der Waals surface area contributed by atoms with Crippen molar-refractivity contribution in [3.8, 4) is 6.07 Å². The van der Waals surface area contributed by atoms with Gasteiger partial charge in [0.1, 0.15) is 5.92 Å². The fourth-order valence-electron chi connectivity index (χ4n) is 1.45. The number of carbonyl (C=O) groups is 1. The molecule has 1 N–H and O–H groups in total. The summed E-state index contributed by atoms with van der Waals surface area (Å²) in [6, 6.07) is 11.4. The van der Waals surface area contributed by atoms with Crippen molar-refractivity contribution in [1.82, 2.24) is 4.98 Å². The molecule has 4 nitrogen and oxygen atoms in total. The van der Waals surface area contributed by atoms with E-state index in [0.717, 1.165) is 10.9 Å². The number of nitrogens with one attached hydrogen (secondary N) is 1. The Kier molecular flexibility index (Phi) is 3.01. The summed E-state index contributed by atoms with van der Waals surface area (Å²) in [6.07, 6.45) is 1.59. The second-order valence-electron chi connectivity index (χ2n) is 3.76. The van der Waals surface area contributed by atoms with Crippen molar-refractivity contribution in [2.24, 2.45) is 5.92 Å². The van der Waals surface area contributed by atoms with Gasteiger partial charge in [-0.3, -0.25) is 9.78 Å². The first-order valence-corrected chi connectivity index (χ1v) is 5.26. The van der Waals surface area contributed by atoms with Crippen LogP contribution in [0.3, 0.4) is 0 Å². The molecule has 0 aliphatic rings. The van der Waals surface area contributed by atoms with Crippen LogP contribution in [-0.2, 0) is 4.79 Å². The molecule has 0 saturated heterocycles. The maximum Gasteiger partial charge on any atom is 0.241 e. The molecule has 1 unspecified atom stereocenters. The highest BCUT2D eigenvalue weighted by atomic mass is 16.1. The van der Waals surface area contributed by atoms with Gasteiger partial charge >= 0.3 is 0 Å². The number of amides is 1. The smallest absolute Gasteiger partial charge is 0.241 e. The molecule has 1 aromatic carbocycles. The minimum Gasteiger partial charge on any atom is -0.324 e. The zero-order chi connectivity index (χ0) is 12.3. The molecule has 4 heteroatoms. The van der Waals surface area contributed by atoms with Gasteiger partial charge in [0.05, 0.1) is 23.5 Å². The Balaban J connectivity index is 2.26. The van der Waals surface area contributed by atoms with Crippen LogP contribution < -0.4 is 5.32 Å². The summed E-state index contributed by atoms with van der Waals surface area (Å²) >= 11 is 0. The van der Waals surface area contributed by atoms with Crippen molar-refractivity contribution < 1.29 is 4.79 Å². The average Bonchev–Trinajstić information content (AvgIpc) is 2.37. The Bertz CT molecular complexity index is 601. The number of nitriles is 1. The van der Waals surface area contributed by atoms with Gasteiger partial charge < -0.3 is 5.32 Å². The lowest BCUT2D eigenvalue weighted by atomic mass is 10.2. The fraction of sp³-hybridized carbons (Fsp3) is 0.154. The lowest BCUT2D eigenvalue weighted by Gasteiger charge is -2.06. The van der Waals surface area contributed by atoms with Crippen molar-refractivity contribution in [3.63, 3.8) is 0 Å². The van der Waals surface area contributed by atoms with Gasteiger partial charge in [-0.2, -0.15) is 5.26 Å². The van der Waals surface area contributed by atoms with Gasteiger partial charge in [0.15, 0.2) is 0 Å². The molecule has 0 aliphatic heterocycles. The predicted molar refractivity (Wildman–Crippen MR) is 65.1 cm³/mol. The number of nitrogens with zero attached hydrogens (tertiary/aromatic N) is 2. The summed E-state index contributed by atoms with van der Waals surface area (Å²) in [5.74, 6) is -0.981. The Hall–Kier alpha value is -2.41. The van der Waals surface area contributed by atoms with Crippen LogP contribution in [0.4, 0.5) is 5.69 Å². The molecular formula is C13H11N3O. The molecule has 0 radical (unpaired) electrons. The SMILES string of the molecule is CC(C#N)C(=O)Nc1cnc2ccccc2c1. The van der Waals surface area contributed by atoms with Crippen molar-refractivity contribution in [3.05, 3.63) is 36.5 Å². The van der Waals surface area contributed by atoms with Crippen LogP contribution in [0.2, 0.25) is 0 Å². The average molecular weight is 225 g/mol. The summed E-state index contributed by atoms with van der Waals surface area (Å²) in [4.78, 5) is 15.7. The molecule has 17 heavy (non-hydrogen) atoms. The van der Waals surface area contributed by atoms with Crippen molar-refractivity contribution in [1.29, 1.82) is 5.26 Å². The third-order valence-electron chi connectivity index (χ3n) is 2.44. The van der Waals surface area contributed by atoms with E-state index in [4.69, 9.17) is 5.26 Å². The van der Waals surface area contributed by atoms with E-state index in [2.05, 4.69) is 10.3 Å². The van der Waals surface area contributed by atoms with Crippen LogP contribution in [0.15, 0.2) is 36.5 Å². The van der Waals surface area contributed by atoms with E-state index in [9.17, 15) is 4.79 Å². The number of benzene rings is 1. The van der Waals surface area contributed by atoms with Gasteiger partial charge in [0, 0.05) is 5.39 Å². The zero-order valence-corrected chi connectivity index (χ0v) is 9.34. The monoisotopic (exact) mass is 225 g/mol. The minimum absolute atomic E-state index is 0.315. The van der Waals surface area contributed by atoms with E-state index in [1.54, 1.807) is 13.1 Å². The van der Waals surface area contributed by atoms with E-state index in [0.29, 0.717) is 5.69 Å². The van der Waals surface area contributed by atoms with E-state index in [1.807, 2.05) is 36.4 Å². The predicted octanol–water partition coefficient (Wildman–Crippen LogP) is 2.33. The quantitative estimate of drug-likeness (QED) is 0.853. The molecule has 2 aromatic rings. The molecule has 0 bridgehead atoms. The lowest BCUT2D eigenvalue weighted by Crippen LogP contribution is -2.18. The fourth-order valence-corrected chi connectivity index (χ4v) is 1.45. The highest BCUT2D eigenvalue weighted by molar-refractivity contribution is 5.95. The first-order chi connectivity index (χ1) is 8.20. The number of fused-ring (bicyclic) bond motifs is 1. The standard InChI is InChI=1S/C13H11N3O/c1-9(7-14)13(17)16-11-6-10-4-2-3-5-12(10)15-8-11/h2-6,8-9H,1H3,(H,16,17). The number of aromatic nitrogens is 1. The topological polar surface area (TPSA) is 65.8 Å². The molecule has 1 amide bonds. The van der Waals surface area contributed by atoms with Crippen molar-refractivity contribution >= 4 is 22.5 Å². The molecule has 2 rings (SSSR count). The third-order valence-corrected chi connectivity index (χ3v) is 2.44. The number of hydrogen-bond acceptors (Lipinski definition) is 3. The Morgan fingerprint density at radius 2 is 2.24 bits per heavy atom. The molecule has 84 valence electrons. The van der Waals surface area contributed by atoms with Crippen molar-refractivity contribution in [2.75, 3.05) is 5.32 Å². The molecule has 1 heterocycles. The maximum atomic E-state index is 11.5. The van der Waals surface area contributed by atoms with Gasteiger partial charge in [0.2, 0.25) is 5.91 Å². The maximum absolute atomic E-state index is 11.5. The number of hydrogen-bond donors (Lipinski definition) is 1. The molecule has 0 saturated carbocycles. The van der Waals surface area contributed by atoms with Crippen LogP contribution in [0.1, 0.15) is 6.92 Å². The highest BCUT2D eigenvalue weighted by Crippen LogP contribution is 2.16. The Labute approximate surface area is 98.9 Å². The van der Waals surface area contributed by atoms with Crippen LogP contribution >= 0.6 is 0 Å². The molecule has 1 aromatic heterocycles. The van der Waals surface area contributed by atoms with Crippen molar-refractivity contribution in [2.45, 2.75) is 6.92 Å². The third kappa shape index (κ3) is 2.40. The Morgan fingerprint density at radius 1 is 1.47 bits per heavy atom. The van der Waals surface area contributed by atoms with Crippen LogP contribution in [0.5, 0.6) is 0 Å². The summed E-state index contributed by atoms with van der Waals surface area (Å²) in [6.45, 7) is 1.56. The largest absolute Gasteiger partial charge is 0.324 e. The number of pyridine rings is 1. The van der Waals surface area contributed by atoms with E-state index < -0.39 is 5.92 Å². The zero-order valence-electron chi connectivity index (χ0n) is 9.34. The number of para-hydroxylation sites is 1. The lowest BCUT2D eigenvalue weighted by molar-refractivity contribution is -0.117. The molecular weight excluding hydrogens is 214 g/mol. The van der Waals surface area contributed by atoms with E-state index in [1.165, 1.54) is 0 Å². The second kappa shape index (κ2) is 4.62. The van der Waals surface area contributed by atoms with Gasteiger partial charge in [-0.15, -0.1) is 0 Å². The molecule has 0 aliphatic carbocycles. The van der Waals surface area contributed by atoms with E-state index >= 15 is 0 Å². The molecule has 1 atom stereocenters. The first-order valence-electron chi connectivity index (χ1n) is 5.26. The first kappa shape index (κ1) is 11.1. The molecule has 0 spiro atoms. The normalized spacial score (nSPS) is 11.8. The van der Waals surface area contributed by atoms with Crippen LogP contribution in [-0.4, -0.2) is 10.9 Å². The Morgan fingerprint density at radius 3 is 3.00 bits per heavy atom. The molecule has 0 fully saturated rings. The minimum atomic E-state index is -0.665. The van der Waals surface area contributed by atoms with Gasteiger partial charge in [-0.05, 0) is 19.1 Å². The summed E-state index contributed by atoms with van der Waals surface area (Å²) < 4.78 is 0. The summed E-state index contributed by atoms with van der Waals surface area (Å²) in [7, 11) is 0. The highest BCUT2D eigenvalue weighted by Gasteiger charge is 2.11. The summed E-state index contributed by atoms with van der Waals surface area (Å²) in [5, 5.41) is 12.2. The second-order valence-corrected chi connectivity index (χ2v) is 3.76. The van der Waals surface area contributed by atoms with Crippen LogP contribution in [0.25, 0.3) is 10.9 Å². The van der Waals surface area contributed by atoms with Gasteiger partial charge in [-0.25, -0.2) is 0 Å². The number of carbonyl (C=O) groups excluding carboxylic acids is 1. The van der Waals surface area contributed by atoms with Gasteiger partial charge in [-0.1, -0.05) is 18.2 Å². The number of anilines is 1. The number of rotatable bonds is 2. The summed E-state index contributed by atoms with van der Waals surface area (Å²) in [5.41, 5.74) is 1.48.